The van der Waals surface area contributed by atoms with Gasteiger partial charge in [-0.1, -0.05) is 12.2 Å². The number of nitrogens with one attached hydrogen (secondary N) is 2. The lowest BCUT2D eigenvalue weighted by molar-refractivity contribution is 0.249. The van der Waals surface area contributed by atoms with E-state index in [1.54, 1.807) is 0 Å². The van der Waals surface area contributed by atoms with E-state index in [0.29, 0.717) is 0 Å². The van der Waals surface area contributed by atoms with Crippen LogP contribution in [0.25, 0.3) is 0 Å². The van der Waals surface area contributed by atoms with E-state index in [9.17, 15) is 13.2 Å². The van der Waals surface area contributed by atoms with Crippen molar-refractivity contribution >= 4 is 33.3 Å². The first-order valence-electron chi connectivity index (χ1n) is 4.08. The first-order valence-corrected chi connectivity index (χ1v) is 6.04. The van der Waals surface area contributed by atoms with Gasteiger partial charge in [0.1, 0.15) is 5.25 Å². The largest absolute Gasteiger partial charge is 0.392 e. The van der Waals surface area contributed by atoms with E-state index in [-0.39, 0.29) is 18.1 Å². The number of hydrogen-bond donors (Lipinski definition) is 4. The Morgan fingerprint density at radius 3 is 2.33 bits per heavy atom. The summed E-state index contributed by atoms with van der Waals surface area (Å²) >= 11 is 4.56. The number of urea groups is 1. The molecule has 0 rings (SSSR count). The van der Waals surface area contributed by atoms with Gasteiger partial charge in [-0.2, -0.15) is 0 Å². The minimum Gasteiger partial charge on any atom is -0.392 e. The van der Waals surface area contributed by atoms with Gasteiger partial charge in [-0.25, -0.2) is 17.9 Å². The summed E-state index contributed by atoms with van der Waals surface area (Å²) in [6.45, 7) is 1.53. The van der Waals surface area contributed by atoms with Crippen LogP contribution in [0, 0.1) is 0 Å². The number of thiocarbonyl (C=S) groups is 1. The van der Waals surface area contributed by atoms with Gasteiger partial charge in [0.05, 0.1) is 4.99 Å². The lowest BCUT2D eigenvalue weighted by Gasteiger charge is -2.12. The van der Waals surface area contributed by atoms with E-state index in [1.807, 2.05) is 0 Å². The average molecular weight is 254 g/mol. The molecule has 0 aromatic heterocycles. The Hall–Kier alpha value is -0.930. The topological polar surface area (TPSA) is 127 Å². The van der Waals surface area contributed by atoms with Crippen LogP contribution in [0.1, 0.15) is 6.92 Å². The minimum absolute atomic E-state index is 0.0399. The second kappa shape index (κ2) is 5.83. The maximum atomic E-state index is 11.4. The van der Waals surface area contributed by atoms with Gasteiger partial charge < -0.3 is 16.8 Å². The highest BCUT2D eigenvalue weighted by molar-refractivity contribution is 7.93. The number of rotatable bonds is 6. The highest BCUT2D eigenvalue weighted by Crippen LogP contribution is 1.97. The summed E-state index contributed by atoms with van der Waals surface area (Å²) in [4.78, 5) is 10.2. The summed E-state index contributed by atoms with van der Waals surface area (Å²) in [6, 6.07) is -0.711. The molecule has 0 aliphatic heterocycles. The predicted octanol–water partition coefficient (Wildman–Crippen LogP) is -1.75. The molecule has 0 spiro atoms. The van der Waals surface area contributed by atoms with Crippen LogP contribution in [0.3, 0.4) is 0 Å². The Balaban J connectivity index is 4.06. The fourth-order valence-corrected chi connectivity index (χ4v) is 1.98. The SMILES string of the molecule is CC(C(N)=S)S(=O)(=O)NCCNC(N)=O. The van der Waals surface area contributed by atoms with E-state index in [4.69, 9.17) is 11.5 Å². The number of carbonyl (C=O) groups excluding carboxylic acids is 1. The Morgan fingerprint density at radius 2 is 1.93 bits per heavy atom. The summed E-state index contributed by atoms with van der Waals surface area (Å²) in [5, 5.41) is 1.29. The van der Waals surface area contributed by atoms with Gasteiger partial charge in [-0.15, -0.1) is 0 Å². The molecule has 15 heavy (non-hydrogen) atoms. The van der Waals surface area contributed by atoms with Crippen molar-refractivity contribution in [3.63, 3.8) is 0 Å². The van der Waals surface area contributed by atoms with Crippen molar-refractivity contribution in [3.05, 3.63) is 0 Å². The third-order valence-corrected chi connectivity index (χ3v) is 3.89. The third-order valence-electron chi connectivity index (χ3n) is 1.59. The molecule has 0 fully saturated rings. The van der Waals surface area contributed by atoms with Crippen molar-refractivity contribution in [2.75, 3.05) is 13.1 Å². The van der Waals surface area contributed by atoms with Crippen molar-refractivity contribution in [1.82, 2.24) is 10.0 Å². The number of sulfonamides is 1. The Kier molecular flexibility index (Phi) is 5.47. The molecule has 1 atom stereocenters. The standard InChI is InChI=1S/C6H14N4O3S2/c1-4(5(7)14)15(12,13)10-3-2-9-6(8)11/h4,10H,2-3H2,1H3,(H2,7,14)(H3,8,9,11). The Bertz CT molecular complexity index is 340. The minimum atomic E-state index is -3.57. The highest BCUT2D eigenvalue weighted by atomic mass is 32.2. The molecule has 0 bridgehead atoms. The summed E-state index contributed by atoms with van der Waals surface area (Å²) in [5.74, 6) is 0. The van der Waals surface area contributed by atoms with Crippen LogP contribution in [0.5, 0.6) is 0 Å². The van der Waals surface area contributed by atoms with Gasteiger partial charge in [-0.3, -0.25) is 0 Å². The fourth-order valence-electron chi connectivity index (χ4n) is 0.657. The zero-order chi connectivity index (χ0) is 12.1. The second-order valence-corrected chi connectivity index (χ2v) is 5.33. The molecule has 1 unspecified atom stereocenters. The van der Waals surface area contributed by atoms with Gasteiger partial charge in [-0.05, 0) is 6.92 Å². The number of primary amides is 1. The monoisotopic (exact) mass is 254 g/mol. The molecule has 0 heterocycles. The first-order chi connectivity index (χ1) is 6.77. The van der Waals surface area contributed by atoms with Crippen molar-refractivity contribution in [3.8, 4) is 0 Å². The summed E-state index contributed by atoms with van der Waals surface area (Å²) in [6.07, 6.45) is 0. The maximum absolute atomic E-state index is 11.4. The number of carbonyl (C=O) groups is 1. The molecule has 6 N–H and O–H groups in total. The molecule has 0 aromatic carbocycles. The van der Waals surface area contributed by atoms with Crippen LogP contribution >= 0.6 is 12.2 Å². The van der Waals surface area contributed by atoms with Crippen LogP contribution in [0.4, 0.5) is 4.79 Å². The lowest BCUT2D eigenvalue weighted by atomic mass is 10.5. The molecule has 0 saturated carbocycles. The maximum Gasteiger partial charge on any atom is 0.312 e. The Labute approximate surface area is 93.6 Å². The molecule has 2 amide bonds. The molecule has 0 saturated heterocycles. The van der Waals surface area contributed by atoms with Crippen LogP contribution in [-0.4, -0.2) is 37.8 Å². The van der Waals surface area contributed by atoms with Crippen LogP contribution in [-0.2, 0) is 10.0 Å². The van der Waals surface area contributed by atoms with Gasteiger partial charge in [0.15, 0.2) is 0 Å². The predicted molar refractivity (Wildman–Crippen MR) is 60.8 cm³/mol. The Morgan fingerprint density at radius 1 is 1.40 bits per heavy atom. The molecule has 0 aromatic rings. The summed E-state index contributed by atoms with van der Waals surface area (Å²) < 4.78 is 25.0. The molecule has 7 nitrogen and oxygen atoms in total. The molecular weight excluding hydrogens is 240 g/mol. The molecule has 0 aliphatic rings. The fraction of sp³-hybridized carbons (Fsp3) is 0.667. The average Bonchev–Trinajstić information content (AvgIpc) is 2.10. The van der Waals surface area contributed by atoms with Crippen LogP contribution in [0.15, 0.2) is 0 Å². The third kappa shape index (κ3) is 5.50. The van der Waals surface area contributed by atoms with Gasteiger partial charge >= 0.3 is 6.03 Å². The lowest BCUT2D eigenvalue weighted by Crippen LogP contribution is -2.43. The number of hydrogen-bond acceptors (Lipinski definition) is 4. The summed E-state index contributed by atoms with van der Waals surface area (Å²) in [5.41, 5.74) is 9.98. The number of nitrogens with two attached hydrogens (primary N) is 2. The normalized spacial score (nSPS) is 13.1. The molecular formula is C6H14N4O3S2. The van der Waals surface area contributed by atoms with E-state index in [1.165, 1.54) is 6.92 Å². The van der Waals surface area contributed by atoms with Crippen molar-refractivity contribution < 1.29 is 13.2 Å². The van der Waals surface area contributed by atoms with E-state index in [0.717, 1.165) is 0 Å². The van der Waals surface area contributed by atoms with Gasteiger partial charge in [0.25, 0.3) is 0 Å². The van der Waals surface area contributed by atoms with E-state index >= 15 is 0 Å². The number of amides is 2. The smallest absolute Gasteiger partial charge is 0.312 e. The van der Waals surface area contributed by atoms with Crippen LogP contribution < -0.4 is 21.5 Å². The second-order valence-electron chi connectivity index (χ2n) is 2.77. The van der Waals surface area contributed by atoms with E-state index < -0.39 is 21.3 Å². The van der Waals surface area contributed by atoms with Crippen molar-refractivity contribution in [1.29, 1.82) is 0 Å². The van der Waals surface area contributed by atoms with Crippen LogP contribution in [0.2, 0.25) is 0 Å². The van der Waals surface area contributed by atoms with Crippen molar-refractivity contribution in [2.45, 2.75) is 12.2 Å². The highest BCUT2D eigenvalue weighted by Gasteiger charge is 2.22. The molecule has 0 radical (unpaired) electrons. The zero-order valence-corrected chi connectivity index (χ0v) is 9.82. The summed E-state index contributed by atoms with van der Waals surface area (Å²) in [7, 11) is -3.57. The quantitative estimate of drug-likeness (QED) is 0.330. The molecule has 9 heteroatoms. The van der Waals surface area contributed by atoms with E-state index in [2.05, 4.69) is 22.3 Å². The van der Waals surface area contributed by atoms with Gasteiger partial charge in [0.2, 0.25) is 10.0 Å². The zero-order valence-electron chi connectivity index (χ0n) is 8.19. The molecule has 88 valence electrons. The molecule has 0 aliphatic carbocycles. The first kappa shape index (κ1) is 14.1. The van der Waals surface area contributed by atoms with Crippen molar-refractivity contribution in [2.24, 2.45) is 11.5 Å². The van der Waals surface area contributed by atoms with Gasteiger partial charge in [0, 0.05) is 13.1 Å².